The second kappa shape index (κ2) is 8.16. The first-order valence-corrected chi connectivity index (χ1v) is 9.74. The zero-order valence-corrected chi connectivity index (χ0v) is 16.1. The number of carbonyl (C=O) groups is 1. The van der Waals surface area contributed by atoms with Crippen LogP contribution >= 0.6 is 0 Å². The summed E-state index contributed by atoms with van der Waals surface area (Å²) in [5.74, 6) is 1.07. The van der Waals surface area contributed by atoms with Crippen LogP contribution in [0.15, 0.2) is 42.6 Å². The molecule has 148 valence electrons. The Hall–Kier alpha value is -2.64. The molecule has 0 spiro atoms. The van der Waals surface area contributed by atoms with Crippen LogP contribution in [0.5, 0.6) is 5.75 Å². The Labute approximate surface area is 165 Å². The van der Waals surface area contributed by atoms with Crippen molar-refractivity contribution >= 4 is 11.7 Å². The summed E-state index contributed by atoms with van der Waals surface area (Å²) in [6, 6.07) is 11.5. The number of hydrogen-bond donors (Lipinski definition) is 1. The van der Waals surface area contributed by atoms with Crippen molar-refractivity contribution in [3.63, 3.8) is 0 Å². The standard InChI is InChI=1S/C21H26N4O3/c1-16-2-4-17(5-3-16)15-25-21(27)19(8-13-28-25)23-9-11-24(12-10-23)20-7-6-18(26)14-22-20/h2-7,14,19,26H,8-13,15H2,1H3/t19-/m0/s1. The van der Waals surface area contributed by atoms with E-state index in [4.69, 9.17) is 4.84 Å². The van der Waals surface area contributed by atoms with Gasteiger partial charge in [-0.05, 0) is 31.0 Å². The normalized spacial score (nSPS) is 21.2. The van der Waals surface area contributed by atoms with Crippen LogP contribution in [0.2, 0.25) is 0 Å². The molecule has 1 amide bonds. The maximum atomic E-state index is 13.0. The van der Waals surface area contributed by atoms with Crippen molar-refractivity contribution in [1.29, 1.82) is 0 Å². The summed E-state index contributed by atoms with van der Waals surface area (Å²) in [6.07, 6.45) is 2.19. The third kappa shape index (κ3) is 4.10. The molecule has 0 unspecified atom stereocenters. The van der Waals surface area contributed by atoms with E-state index in [1.807, 2.05) is 18.2 Å². The molecule has 1 N–H and O–H groups in total. The minimum Gasteiger partial charge on any atom is -0.506 e. The third-order valence-electron chi connectivity index (χ3n) is 5.43. The Balaban J connectivity index is 1.36. The number of amides is 1. The minimum absolute atomic E-state index is 0.0445. The zero-order chi connectivity index (χ0) is 19.5. The average Bonchev–Trinajstić information content (AvgIpc) is 2.72. The molecule has 0 bridgehead atoms. The number of carbonyl (C=O) groups excluding carboxylic acids is 1. The van der Waals surface area contributed by atoms with Gasteiger partial charge in [0.15, 0.2) is 0 Å². The Morgan fingerprint density at radius 3 is 2.54 bits per heavy atom. The molecule has 1 atom stereocenters. The van der Waals surface area contributed by atoms with E-state index in [1.165, 1.54) is 16.8 Å². The Kier molecular flexibility index (Phi) is 5.45. The van der Waals surface area contributed by atoms with Gasteiger partial charge in [-0.2, -0.15) is 0 Å². The van der Waals surface area contributed by atoms with Gasteiger partial charge in [-0.1, -0.05) is 29.8 Å². The van der Waals surface area contributed by atoms with Crippen molar-refractivity contribution < 1.29 is 14.7 Å². The van der Waals surface area contributed by atoms with E-state index in [0.29, 0.717) is 13.2 Å². The molecule has 2 aliphatic heterocycles. The lowest BCUT2D eigenvalue weighted by molar-refractivity contribution is -0.211. The molecule has 0 aliphatic carbocycles. The lowest BCUT2D eigenvalue weighted by Gasteiger charge is -2.42. The van der Waals surface area contributed by atoms with Gasteiger partial charge in [0.1, 0.15) is 11.6 Å². The maximum Gasteiger partial charge on any atom is 0.263 e. The van der Waals surface area contributed by atoms with E-state index in [9.17, 15) is 9.90 Å². The predicted octanol–water partition coefficient (Wildman–Crippen LogP) is 1.95. The second-order valence-electron chi connectivity index (χ2n) is 7.40. The number of aryl methyl sites for hydroxylation is 1. The molecule has 2 saturated heterocycles. The number of benzene rings is 1. The number of aromatic hydroxyl groups is 1. The van der Waals surface area contributed by atoms with Crippen LogP contribution in [0.1, 0.15) is 17.5 Å². The quantitative estimate of drug-likeness (QED) is 0.872. The number of hydroxylamine groups is 2. The van der Waals surface area contributed by atoms with Crippen LogP contribution in [0, 0.1) is 6.92 Å². The van der Waals surface area contributed by atoms with Gasteiger partial charge in [0.25, 0.3) is 5.91 Å². The molecule has 2 aromatic rings. The van der Waals surface area contributed by atoms with Gasteiger partial charge in [-0.15, -0.1) is 0 Å². The molecule has 28 heavy (non-hydrogen) atoms. The van der Waals surface area contributed by atoms with Crippen molar-refractivity contribution in [2.24, 2.45) is 0 Å². The van der Waals surface area contributed by atoms with Crippen LogP contribution in [-0.4, -0.2) is 64.8 Å². The molecule has 3 heterocycles. The number of aromatic nitrogens is 1. The number of pyridine rings is 1. The largest absolute Gasteiger partial charge is 0.506 e. The summed E-state index contributed by atoms with van der Waals surface area (Å²) < 4.78 is 0. The summed E-state index contributed by atoms with van der Waals surface area (Å²) in [5.41, 5.74) is 2.27. The number of rotatable bonds is 4. The van der Waals surface area contributed by atoms with E-state index in [0.717, 1.165) is 44.0 Å². The summed E-state index contributed by atoms with van der Waals surface area (Å²) in [6.45, 7) is 6.31. The second-order valence-corrected chi connectivity index (χ2v) is 7.40. The van der Waals surface area contributed by atoms with Crippen LogP contribution in [0.3, 0.4) is 0 Å². The van der Waals surface area contributed by atoms with Gasteiger partial charge in [-0.25, -0.2) is 10.0 Å². The highest BCUT2D eigenvalue weighted by Gasteiger charge is 2.35. The van der Waals surface area contributed by atoms with Crippen LogP contribution in [0.25, 0.3) is 0 Å². The molecule has 0 radical (unpaired) electrons. The first kappa shape index (κ1) is 18.7. The van der Waals surface area contributed by atoms with Crippen molar-refractivity contribution in [3.05, 3.63) is 53.7 Å². The monoisotopic (exact) mass is 382 g/mol. The molecule has 4 rings (SSSR count). The highest BCUT2D eigenvalue weighted by atomic mass is 16.7. The molecule has 2 fully saturated rings. The van der Waals surface area contributed by atoms with E-state index in [1.54, 1.807) is 6.07 Å². The molecule has 7 nitrogen and oxygen atoms in total. The molecule has 2 aliphatic rings. The Morgan fingerprint density at radius 2 is 1.86 bits per heavy atom. The van der Waals surface area contributed by atoms with Gasteiger partial charge < -0.3 is 10.0 Å². The molecule has 7 heteroatoms. The fourth-order valence-electron chi connectivity index (χ4n) is 3.78. The average molecular weight is 382 g/mol. The Morgan fingerprint density at radius 1 is 1.11 bits per heavy atom. The third-order valence-corrected chi connectivity index (χ3v) is 5.43. The Bertz CT molecular complexity index is 801. The topological polar surface area (TPSA) is 69.1 Å². The smallest absolute Gasteiger partial charge is 0.263 e. The summed E-state index contributed by atoms with van der Waals surface area (Å²) in [7, 11) is 0. The number of anilines is 1. The van der Waals surface area contributed by atoms with Crippen LogP contribution < -0.4 is 4.90 Å². The van der Waals surface area contributed by atoms with Gasteiger partial charge in [-0.3, -0.25) is 14.5 Å². The minimum atomic E-state index is -0.130. The highest BCUT2D eigenvalue weighted by Crippen LogP contribution is 2.22. The predicted molar refractivity (Wildman–Crippen MR) is 106 cm³/mol. The molecular formula is C21H26N4O3. The summed E-state index contributed by atoms with van der Waals surface area (Å²) in [4.78, 5) is 27.4. The zero-order valence-electron chi connectivity index (χ0n) is 16.1. The van der Waals surface area contributed by atoms with Gasteiger partial charge in [0.05, 0.1) is 25.4 Å². The van der Waals surface area contributed by atoms with Crippen LogP contribution in [0.4, 0.5) is 5.82 Å². The van der Waals surface area contributed by atoms with Gasteiger partial charge >= 0.3 is 0 Å². The summed E-state index contributed by atoms with van der Waals surface area (Å²) >= 11 is 0. The molecule has 1 aromatic heterocycles. The van der Waals surface area contributed by atoms with Gasteiger partial charge in [0, 0.05) is 26.2 Å². The molecular weight excluding hydrogens is 356 g/mol. The van der Waals surface area contributed by atoms with Crippen molar-refractivity contribution in [1.82, 2.24) is 14.9 Å². The summed E-state index contributed by atoms with van der Waals surface area (Å²) in [5, 5.41) is 10.9. The number of nitrogens with zero attached hydrogens (tertiary/aromatic N) is 4. The van der Waals surface area contributed by atoms with Gasteiger partial charge in [0.2, 0.25) is 0 Å². The van der Waals surface area contributed by atoms with E-state index >= 15 is 0 Å². The van der Waals surface area contributed by atoms with Crippen molar-refractivity contribution in [3.8, 4) is 5.75 Å². The van der Waals surface area contributed by atoms with Crippen molar-refractivity contribution in [2.75, 3.05) is 37.7 Å². The fraction of sp³-hybridized carbons (Fsp3) is 0.429. The number of piperazine rings is 1. The lowest BCUT2D eigenvalue weighted by Crippen LogP contribution is -2.58. The van der Waals surface area contributed by atoms with E-state index in [-0.39, 0.29) is 17.7 Å². The van der Waals surface area contributed by atoms with Crippen LogP contribution in [-0.2, 0) is 16.2 Å². The number of hydrogen-bond acceptors (Lipinski definition) is 6. The maximum absolute atomic E-state index is 13.0. The van der Waals surface area contributed by atoms with E-state index in [2.05, 4.69) is 33.8 Å². The fourth-order valence-corrected chi connectivity index (χ4v) is 3.78. The van der Waals surface area contributed by atoms with E-state index < -0.39 is 0 Å². The molecule has 1 aromatic carbocycles. The first-order valence-electron chi connectivity index (χ1n) is 9.74. The highest BCUT2D eigenvalue weighted by molar-refractivity contribution is 5.81. The lowest BCUT2D eigenvalue weighted by atomic mass is 10.1. The SMILES string of the molecule is Cc1ccc(CN2OCC[C@H](N3CCN(c4ccc(O)cn4)CC3)C2=O)cc1. The first-order chi connectivity index (χ1) is 13.6. The van der Waals surface area contributed by atoms with Crippen molar-refractivity contribution in [2.45, 2.75) is 25.9 Å². The molecule has 0 saturated carbocycles.